The second-order valence-corrected chi connectivity index (χ2v) is 12.1. The fourth-order valence-electron chi connectivity index (χ4n) is 8.13. The Labute approximate surface area is 177 Å². The van der Waals surface area contributed by atoms with Crippen molar-refractivity contribution < 1.29 is 19.1 Å². The van der Waals surface area contributed by atoms with Gasteiger partial charge in [-0.05, 0) is 74.2 Å². The quantitative estimate of drug-likeness (QED) is 0.572. The minimum atomic E-state index is -0.287. The summed E-state index contributed by atoms with van der Waals surface area (Å²) in [6.07, 6.45) is 10.0. The first kappa shape index (κ1) is 19.8. The molecule has 3 saturated carbocycles. The highest BCUT2D eigenvalue weighted by molar-refractivity contribution is 8.14. The summed E-state index contributed by atoms with van der Waals surface area (Å²) in [4.78, 5) is 36.4. The largest absolute Gasteiger partial charge is 0.458 e. The Morgan fingerprint density at radius 1 is 1.07 bits per heavy atom. The van der Waals surface area contributed by atoms with Gasteiger partial charge in [0.2, 0.25) is 0 Å². The maximum absolute atomic E-state index is 12.2. The molecule has 1 saturated heterocycles. The van der Waals surface area contributed by atoms with Crippen LogP contribution in [-0.2, 0) is 19.1 Å². The third-order valence-corrected chi connectivity index (χ3v) is 10.7. The highest BCUT2D eigenvalue weighted by Gasteiger charge is 2.68. The number of fused-ring (bicyclic) bond motifs is 6. The molecule has 0 amide bonds. The van der Waals surface area contributed by atoms with Gasteiger partial charge in [0.15, 0.2) is 10.9 Å². The van der Waals surface area contributed by atoms with Gasteiger partial charge in [-0.2, -0.15) is 0 Å². The van der Waals surface area contributed by atoms with Crippen LogP contribution in [0, 0.1) is 28.6 Å². The molecular weight excluding hydrogens is 384 g/mol. The van der Waals surface area contributed by atoms with Crippen LogP contribution in [0.1, 0.15) is 78.6 Å². The molecule has 4 aliphatic carbocycles. The molecule has 0 N–H and O–H groups in total. The maximum atomic E-state index is 12.2. The summed E-state index contributed by atoms with van der Waals surface area (Å²) in [7, 11) is 0. The molecule has 0 bridgehead atoms. The van der Waals surface area contributed by atoms with Crippen LogP contribution in [0.2, 0.25) is 0 Å². The number of ether oxygens (including phenoxy) is 1. The van der Waals surface area contributed by atoms with E-state index >= 15 is 0 Å². The van der Waals surface area contributed by atoms with Gasteiger partial charge in [0.05, 0.1) is 0 Å². The van der Waals surface area contributed by atoms with Crippen molar-refractivity contribution in [2.24, 2.45) is 28.6 Å². The van der Waals surface area contributed by atoms with Crippen LogP contribution in [0.25, 0.3) is 0 Å². The minimum Gasteiger partial charge on any atom is -0.458 e. The topological polar surface area (TPSA) is 60.4 Å². The first-order valence-corrected chi connectivity index (χ1v) is 12.2. The van der Waals surface area contributed by atoms with Gasteiger partial charge >= 0.3 is 5.97 Å². The normalized spacial score (nSPS) is 48.6. The molecule has 0 aromatic carbocycles. The van der Waals surface area contributed by atoms with Gasteiger partial charge in [-0.15, -0.1) is 0 Å². The number of carbonyl (C=O) groups is 3. The molecule has 7 atom stereocenters. The van der Waals surface area contributed by atoms with E-state index in [-0.39, 0.29) is 38.5 Å². The standard InChI is InChI=1S/C24H32O4S/c1-14(25)29-19-13-15-12-16(26)4-8-22(15,2)17-5-9-23(3)18(21(17)19)6-10-24(23)11-7-20(27)28-24/h12,17-19,21H,4-11,13H2,1-3H3/t17?,18-,19+,21?,22?,23?,24+/m0/s1. The summed E-state index contributed by atoms with van der Waals surface area (Å²) < 4.78 is 6.06. The van der Waals surface area contributed by atoms with Crippen molar-refractivity contribution in [1.82, 2.24) is 0 Å². The first-order chi connectivity index (χ1) is 13.7. The molecule has 5 aliphatic rings. The molecule has 29 heavy (non-hydrogen) atoms. The van der Waals surface area contributed by atoms with Crippen molar-refractivity contribution in [3.8, 4) is 0 Å². The number of thioether (sulfide) groups is 1. The predicted molar refractivity (Wildman–Crippen MR) is 112 cm³/mol. The van der Waals surface area contributed by atoms with Gasteiger partial charge in [-0.3, -0.25) is 14.4 Å². The Morgan fingerprint density at radius 2 is 1.83 bits per heavy atom. The molecule has 1 aliphatic heterocycles. The fourth-order valence-corrected chi connectivity index (χ4v) is 9.36. The molecule has 0 aromatic rings. The van der Waals surface area contributed by atoms with E-state index in [0.717, 1.165) is 44.9 Å². The number of ketones is 1. The zero-order chi connectivity index (χ0) is 20.6. The van der Waals surface area contributed by atoms with Gasteiger partial charge in [0.1, 0.15) is 5.60 Å². The third kappa shape index (κ3) is 2.68. The summed E-state index contributed by atoms with van der Waals surface area (Å²) >= 11 is 1.50. The lowest BCUT2D eigenvalue weighted by Gasteiger charge is -2.61. The Hall–Kier alpha value is -1.10. The number of allylic oxidation sites excluding steroid dienone is 1. The number of hydrogen-bond acceptors (Lipinski definition) is 5. The summed E-state index contributed by atoms with van der Waals surface area (Å²) in [6, 6.07) is 0. The van der Waals surface area contributed by atoms with Crippen molar-refractivity contribution in [1.29, 1.82) is 0 Å². The zero-order valence-electron chi connectivity index (χ0n) is 17.8. The molecule has 4 nitrogen and oxygen atoms in total. The number of esters is 1. The van der Waals surface area contributed by atoms with Crippen molar-refractivity contribution in [3.05, 3.63) is 11.6 Å². The molecular formula is C24H32O4S. The average Bonchev–Trinajstić information content (AvgIpc) is 3.17. The Bertz CT molecular complexity index is 818. The van der Waals surface area contributed by atoms with Gasteiger partial charge in [-0.25, -0.2) is 0 Å². The highest BCUT2D eigenvalue weighted by atomic mass is 32.2. The molecule has 0 aromatic heterocycles. The van der Waals surface area contributed by atoms with E-state index < -0.39 is 0 Å². The van der Waals surface area contributed by atoms with Gasteiger partial charge in [-0.1, -0.05) is 31.2 Å². The third-order valence-electron chi connectivity index (χ3n) is 9.61. The maximum Gasteiger partial charge on any atom is 0.306 e. The molecule has 4 unspecified atom stereocenters. The summed E-state index contributed by atoms with van der Waals surface area (Å²) in [5, 5.41) is 0.409. The number of hydrogen-bond donors (Lipinski definition) is 0. The van der Waals surface area contributed by atoms with Crippen molar-refractivity contribution in [3.63, 3.8) is 0 Å². The Balaban J connectivity index is 1.56. The summed E-state index contributed by atoms with van der Waals surface area (Å²) in [6.45, 7) is 6.42. The lowest BCUT2D eigenvalue weighted by Crippen LogP contribution is -2.57. The number of carbonyl (C=O) groups excluding carboxylic acids is 3. The van der Waals surface area contributed by atoms with E-state index in [1.807, 2.05) is 6.08 Å². The van der Waals surface area contributed by atoms with Crippen LogP contribution in [0.4, 0.5) is 0 Å². The SMILES string of the molecule is CC(=O)S[C@@H]1CC2=CC(=O)CCC2(C)C2CCC3(C)[C@@H](CC[C@@]34CCC(=O)O4)C21. The minimum absolute atomic E-state index is 0.0119. The Kier molecular flexibility index (Phi) is 4.41. The van der Waals surface area contributed by atoms with E-state index in [1.54, 1.807) is 6.92 Å². The summed E-state index contributed by atoms with van der Waals surface area (Å²) in [5.41, 5.74) is 1.09. The molecule has 5 rings (SSSR count). The van der Waals surface area contributed by atoms with Gasteiger partial charge < -0.3 is 4.74 Å². The highest BCUT2D eigenvalue weighted by Crippen LogP contribution is 2.70. The second kappa shape index (κ2) is 6.45. The van der Waals surface area contributed by atoms with E-state index in [2.05, 4.69) is 13.8 Å². The van der Waals surface area contributed by atoms with Crippen LogP contribution in [0.3, 0.4) is 0 Å². The Morgan fingerprint density at radius 3 is 2.52 bits per heavy atom. The van der Waals surface area contributed by atoms with Crippen LogP contribution < -0.4 is 0 Å². The van der Waals surface area contributed by atoms with E-state index in [4.69, 9.17) is 4.74 Å². The van der Waals surface area contributed by atoms with Crippen LogP contribution in [0.5, 0.6) is 0 Å². The van der Waals surface area contributed by atoms with E-state index in [9.17, 15) is 14.4 Å². The van der Waals surface area contributed by atoms with Crippen molar-refractivity contribution >= 4 is 28.6 Å². The molecule has 158 valence electrons. The lowest BCUT2D eigenvalue weighted by molar-refractivity contribution is -0.167. The van der Waals surface area contributed by atoms with Gasteiger partial charge in [0, 0.05) is 30.4 Å². The molecule has 5 heteroatoms. The second-order valence-electron chi connectivity index (χ2n) is 10.7. The molecule has 4 fully saturated rings. The first-order valence-electron chi connectivity index (χ1n) is 11.3. The molecule has 0 radical (unpaired) electrons. The summed E-state index contributed by atoms with van der Waals surface area (Å²) in [5.74, 6) is 1.67. The van der Waals surface area contributed by atoms with Crippen LogP contribution >= 0.6 is 11.8 Å². The molecule has 1 heterocycles. The monoisotopic (exact) mass is 416 g/mol. The van der Waals surface area contributed by atoms with E-state index in [1.165, 1.54) is 17.3 Å². The smallest absolute Gasteiger partial charge is 0.306 e. The van der Waals surface area contributed by atoms with E-state index in [0.29, 0.717) is 30.6 Å². The average molecular weight is 417 g/mol. The predicted octanol–water partition coefficient (Wildman–Crippen LogP) is 4.85. The number of rotatable bonds is 1. The molecule has 1 spiro atoms. The van der Waals surface area contributed by atoms with Crippen molar-refractivity contribution in [2.75, 3.05) is 0 Å². The fraction of sp³-hybridized carbons (Fsp3) is 0.792. The lowest BCUT2D eigenvalue weighted by atomic mass is 9.46. The van der Waals surface area contributed by atoms with Crippen LogP contribution in [-0.4, -0.2) is 27.7 Å². The zero-order valence-corrected chi connectivity index (χ0v) is 18.6. The van der Waals surface area contributed by atoms with Gasteiger partial charge in [0.25, 0.3) is 0 Å². The van der Waals surface area contributed by atoms with Crippen molar-refractivity contribution in [2.45, 2.75) is 89.4 Å². The van der Waals surface area contributed by atoms with Crippen LogP contribution in [0.15, 0.2) is 11.6 Å².